The number of carbonyl (C=O) groups excluding carboxylic acids is 3. The lowest BCUT2D eigenvalue weighted by Crippen LogP contribution is -2.57. The number of rotatable bonds is 19. The maximum absolute atomic E-state index is 13.9. The van der Waals surface area contributed by atoms with Crippen molar-refractivity contribution >= 4 is 51.3 Å². The molecule has 50 heavy (non-hydrogen) atoms. The highest BCUT2D eigenvalue weighted by molar-refractivity contribution is 5.95. The summed E-state index contributed by atoms with van der Waals surface area (Å²) in [4.78, 5) is 60.1. The van der Waals surface area contributed by atoms with Gasteiger partial charge in [0.2, 0.25) is 17.7 Å². The molecule has 0 saturated heterocycles. The lowest BCUT2D eigenvalue weighted by Gasteiger charge is -2.25. The number of nitrogens with zero attached hydrogens (tertiary/aromatic N) is 1. The summed E-state index contributed by atoms with van der Waals surface area (Å²) in [5, 5.41) is 20.9. The molecule has 4 atom stereocenters. The maximum atomic E-state index is 13.9. The second-order valence-electron chi connectivity index (χ2n) is 12.3. The van der Waals surface area contributed by atoms with Crippen molar-refractivity contribution in [1.29, 1.82) is 0 Å². The number of hydrogen-bond donors (Lipinski definition) is 9. The summed E-state index contributed by atoms with van der Waals surface area (Å²) in [6.45, 7) is 0.592. The highest BCUT2D eigenvalue weighted by atomic mass is 16.4. The molecule has 0 aliphatic rings. The number of aliphatic imine (C=N–C) groups is 1. The van der Waals surface area contributed by atoms with Crippen LogP contribution in [-0.4, -0.2) is 77.0 Å². The number of H-pyrrole nitrogens is 1. The average Bonchev–Trinajstić information content (AvgIpc) is 3.51. The van der Waals surface area contributed by atoms with Crippen molar-refractivity contribution in [3.05, 3.63) is 84.1 Å². The lowest BCUT2D eigenvalue weighted by atomic mass is 10.0. The summed E-state index contributed by atoms with van der Waals surface area (Å²) in [5.74, 6) is -3.18. The number of para-hydroxylation sites is 1. The van der Waals surface area contributed by atoms with Crippen LogP contribution in [0, 0.1) is 0 Å². The Bertz CT molecular complexity index is 1800. The minimum atomic E-state index is -1.20. The zero-order chi connectivity index (χ0) is 36.0. The van der Waals surface area contributed by atoms with E-state index in [0.29, 0.717) is 25.8 Å². The molecule has 266 valence electrons. The molecule has 3 aromatic carbocycles. The number of benzene rings is 3. The molecule has 4 rings (SSSR count). The smallest absolute Gasteiger partial charge is 0.326 e. The quantitative estimate of drug-likeness (QED) is 0.0389. The van der Waals surface area contributed by atoms with Crippen molar-refractivity contribution in [2.75, 3.05) is 13.1 Å². The van der Waals surface area contributed by atoms with Crippen molar-refractivity contribution in [1.82, 2.24) is 20.9 Å². The van der Waals surface area contributed by atoms with Gasteiger partial charge in [0.05, 0.1) is 6.04 Å². The van der Waals surface area contributed by atoms with Gasteiger partial charge in [-0.05, 0) is 73.0 Å². The third-order valence-corrected chi connectivity index (χ3v) is 8.48. The minimum Gasteiger partial charge on any atom is -0.480 e. The number of fused-ring (bicyclic) bond motifs is 2. The summed E-state index contributed by atoms with van der Waals surface area (Å²) in [5.41, 5.74) is 25.3. The zero-order valence-corrected chi connectivity index (χ0v) is 27.9. The number of guanidine groups is 1. The van der Waals surface area contributed by atoms with E-state index in [1.165, 1.54) is 0 Å². The second-order valence-corrected chi connectivity index (χ2v) is 12.3. The van der Waals surface area contributed by atoms with E-state index in [9.17, 15) is 24.3 Å². The van der Waals surface area contributed by atoms with Crippen molar-refractivity contribution in [2.24, 2.45) is 27.9 Å². The molecule has 14 nitrogen and oxygen atoms in total. The van der Waals surface area contributed by atoms with Gasteiger partial charge in [-0.1, -0.05) is 60.7 Å². The highest BCUT2D eigenvalue weighted by Crippen LogP contribution is 2.20. The third-order valence-electron chi connectivity index (χ3n) is 8.48. The molecule has 0 aliphatic carbocycles. The van der Waals surface area contributed by atoms with Crippen LogP contribution in [-0.2, 0) is 32.0 Å². The SMILES string of the molecule is NCCCC[C@H](NC(=O)[C@H](Cc1c[nH]c2ccccc12)NC(=O)[C@H](CCCN=C(N)N)NC(=O)[C@@H](N)Cc1ccc2ccccc2c1)C(=O)O. The van der Waals surface area contributed by atoms with Crippen LogP contribution in [0.2, 0.25) is 0 Å². The van der Waals surface area contributed by atoms with Crippen LogP contribution in [0.15, 0.2) is 77.9 Å². The molecule has 13 N–H and O–H groups in total. The van der Waals surface area contributed by atoms with E-state index in [2.05, 4.69) is 25.9 Å². The van der Waals surface area contributed by atoms with Crippen LogP contribution in [0.5, 0.6) is 0 Å². The van der Waals surface area contributed by atoms with E-state index < -0.39 is 47.9 Å². The van der Waals surface area contributed by atoms with Gasteiger partial charge < -0.3 is 49.0 Å². The van der Waals surface area contributed by atoms with Crippen LogP contribution in [0.1, 0.15) is 43.2 Å². The highest BCUT2D eigenvalue weighted by Gasteiger charge is 2.31. The number of aliphatic carboxylic acids is 1. The largest absolute Gasteiger partial charge is 0.480 e. The molecular weight excluding hydrogens is 638 g/mol. The fourth-order valence-electron chi connectivity index (χ4n) is 5.79. The molecular formula is C36H47N9O5. The first-order chi connectivity index (χ1) is 24.0. The standard InChI is InChI=1S/C36H47N9O5/c37-16-6-5-12-30(35(49)50)44-34(48)31(20-25-21-42-28-11-4-3-10-26(25)28)45-33(47)29(13-7-17-41-36(39)40)43-32(46)27(38)19-22-14-15-23-8-1-2-9-24(23)18-22/h1-4,8-11,14-15,18,21,27,29-31,42H,5-7,12-13,16-17,19-20,37-38H2,(H,43,46)(H,44,48)(H,45,47)(H,49,50)(H4,39,40,41)/t27-,29-,30-,31-/m0/s1. The van der Waals surface area contributed by atoms with E-state index in [4.69, 9.17) is 22.9 Å². The van der Waals surface area contributed by atoms with Gasteiger partial charge in [-0.2, -0.15) is 0 Å². The monoisotopic (exact) mass is 685 g/mol. The summed E-state index contributed by atoms with van der Waals surface area (Å²) < 4.78 is 0. The first kappa shape index (κ1) is 37.4. The summed E-state index contributed by atoms with van der Waals surface area (Å²) in [6.07, 6.45) is 3.75. The molecule has 0 saturated carbocycles. The Labute approximate surface area is 290 Å². The first-order valence-electron chi connectivity index (χ1n) is 16.7. The number of amides is 3. The molecule has 0 bridgehead atoms. The van der Waals surface area contributed by atoms with Gasteiger partial charge in [0.1, 0.15) is 18.1 Å². The Morgan fingerprint density at radius 2 is 1.42 bits per heavy atom. The third kappa shape index (κ3) is 10.8. The van der Waals surface area contributed by atoms with Gasteiger partial charge in [0, 0.05) is 30.1 Å². The van der Waals surface area contributed by atoms with Gasteiger partial charge in [-0.3, -0.25) is 19.4 Å². The molecule has 1 heterocycles. The molecule has 0 spiro atoms. The fraction of sp³-hybridized carbons (Fsp3) is 0.361. The Kier molecular flexibility index (Phi) is 13.7. The van der Waals surface area contributed by atoms with E-state index in [0.717, 1.165) is 32.8 Å². The van der Waals surface area contributed by atoms with Gasteiger partial charge in [-0.15, -0.1) is 0 Å². The number of carboxylic acids is 1. The summed E-state index contributed by atoms with van der Waals surface area (Å²) in [6, 6.07) is 16.7. The Morgan fingerprint density at radius 3 is 2.16 bits per heavy atom. The van der Waals surface area contributed by atoms with Gasteiger partial charge in [-0.25, -0.2) is 4.79 Å². The van der Waals surface area contributed by atoms with Crippen molar-refractivity contribution < 1.29 is 24.3 Å². The molecule has 0 fully saturated rings. The summed E-state index contributed by atoms with van der Waals surface area (Å²) >= 11 is 0. The minimum absolute atomic E-state index is 0.0485. The number of carboxylic acid groups (broad SMARTS) is 1. The zero-order valence-electron chi connectivity index (χ0n) is 27.9. The molecule has 1 aromatic heterocycles. The first-order valence-corrected chi connectivity index (χ1v) is 16.7. The molecule has 14 heteroatoms. The van der Waals surface area contributed by atoms with E-state index in [1.54, 1.807) is 6.20 Å². The lowest BCUT2D eigenvalue weighted by molar-refractivity contribution is -0.142. The molecule has 0 radical (unpaired) electrons. The number of aromatic amines is 1. The van der Waals surface area contributed by atoms with E-state index >= 15 is 0 Å². The van der Waals surface area contributed by atoms with Crippen LogP contribution in [0.4, 0.5) is 0 Å². The number of unbranched alkanes of at least 4 members (excludes halogenated alkanes) is 1. The van der Waals surface area contributed by atoms with Crippen LogP contribution in [0.3, 0.4) is 0 Å². The maximum Gasteiger partial charge on any atom is 0.326 e. The van der Waals surface area contributed by atoms with Crippen LogP contribution >= 0.6 is 0 Å². The molecule has 4 aromatic rings. The van der Waals surface area contributed by atoms with Gasteiger partial charge in [0.25, 0.3) is 0 Å². The van der Waals surface area contributed by atoms with Crippen molar-refractivity contribution in [2.45, 2.75) is 69.1 Å². The van der Waals surface area contributed by atoms with Gasteiger partial charge >= 0.3 is 5.97 Å². The number of carbonyl (C=O) groups is 4. The number of nitrogens with one attached hydrogen (secondary N) is 4. The fourth-order valence-corrected chi connectivity index (χ4v) is 5.79. The van der Waals surface area contributed by atoms with E-state index in [-0.39, 0.29) is 38.2 Å². The topological polar surface area (TPSA) is 257 Å². The Hall–Kier alpha value is -5.47. The predicted molar refractivity (Wildman–Crippen MR) is 194 cm³/mol. The second kappa shape index (κ2) is 18.3. The number of hydrogen-bond acceptors (Lipinski definition) is 7. The van der Waals surface area contributed by atoms with Crippen molar-refractivity contribution in [3.8, 4) is 0 Å². The molecule has 3 amide bonds. The van der Waals surface area contributed by atoms with Gasteiger partial charge in [0.15, 0.2) is 5.96 Å². The average molecular weight is 686 g/mol. The van der Waals surface area contributed by atoms with Crippen LogP contribution in [0.25, 0.3) is 21.7 Å². The number of aromatic nitrogens is 1. The van der Waals surface area contributed by atoms with Crippen LogP contribution < -0.4 is 38.9 Å². The summed E-state index contributed by atoms with van der Waals surface area (Å²) in [7, 11) is 0. The Morgan fingerprint density at radius 1 is 0.760 bits per heavy atom. The molecule has 0 aliphatic heterocycles. The number of nitrogens with two attached hydrogens (primary N) is 4. The molecule has 0 unspecified atom stereocenters. The van der Waals surface area contributed by atoms with E-state index in [1.807, 2.05) is 66.7 Å². The normalized spacial score (nSPS) is 13.6. The Balaban J connectivity index is 1.53. The predicted octanol–water partition coefficient (Wildman–Crippen LogP) is 1.16. The van der Waals surface area contributed by atoms with Crippen molar-refractivity contribution in [3.63, 3.8) is 0 Å².